The molecule has 0 bridgehead atoms. The summed E-state index contributed by atoms with van der Waals surface area (Å²) in [6.07, 6.45) is 8.46. The van der Waals surface area contributed by atoms with Gasteiger partial charge in [-0.15, -0.1) is 6.42 Å². The van der Waals surface area contributed by atoms with Crippen molar-refractivity contribution in [2.75, 3.05) is 7.05 Å². The minimum Gasteiger partial charge on any atom is -0.316 e. The van der Waals surface area contributed by atoms with Crippen LogP contribution >= 0.6 is 11.9 Å². The first-order chi connectivity index (χ1) is 15.0. The summed E-state index contributed by atoms with van der Waals surface area (Å²) < 4.78 is 15.3. The van der Waals surface area contributed by atoms with Gasteiger partial charge in [0, 0.05) is 24.0 Å². The summed E-state index contributed by atoms with van der Waals surface area (Å²) >= 11 is 0.974. The van der Waals surface area contributed by atoms with Crippen LogP contribution < -0.4 is 15.6 Å². The number of aromatic nitrogens is 3. The molecule has 0 atom stereocenters. The van der Waals surface area contributed by atoms with Crippen LogP contribution in [0.1, 0.15) is 21.7 Å². The third-order valence-electron chi connectivity index (χ3n) is 3.68. The first kappa shape index (κ1) is 23.8. The second-order valence-electron chi connectivity index (χ2n) is 6.05. The predicted molar refractivity (Wildman–Crippen MR) is 117 cm³/mol. The number of hydrogen-bond acceptors (Lipinski definition) is 7. The lowest BCUT2D eigenvalue weighted by atomic mass is 10.2. The van der Waals surface area contributed by atoms with Gasteiger partial charge in [0.1, 0.15) is 11.5 Å². The Morgan fingerprint density at radius 2 is 2.10 bits per heavy atom. The molecule has 1 amide bonds. The zero-order chi connectivity index (χ0) is 22.6. The molecule has 0 aliphatic heterocycles. The second kappa shape index (κ2) is 12.2. The molecule has 2 aromatic heterocycles. The molecule has 3 rings (SSSR count). The molecule has 0 fully saturated rings. The number of rotatable bonds is 7. The maximum atomic E-state index is 13.6. The van der Waals surface area contributed by atoms with Crippen LogP contribution in [-0.2, 0) is 11.3 Å². The molecule has 0 aliphatic carbocycles. The maximum absolute atomic E-state index is 13.6. The number of aryl methyl sites for hydroxylation is 1. The molecule has 10 heteroatoms. The van der Waals surface area contributed by atoms with Gasteiger partial charge in [0.05, 0.1) is 16.8 Å². The van der Waals surface area contributed by atoms with Gasteiger partial charge in [-0.2, -0.15) is 9.93 Å². The fourth-order valence-corrected chi connectivity index (χ4v) is 2.98. The van der Waals surface area contributed by atoms with Gasteiger partial charge in [0.25, 0.3) is 5.91 Å². The molecule has 0 saturated heterocycles. The number of halogens is 1. The number of nitrogens with one attached hydrogen (secondary N) is 3. The largest absolute Gasteiger partial charge is 0.316 e. The van der Waals surface area contributed by atoms with E-state index in [-0.39, 0.29) is 11.5 Å². The Morgan fingerprint density at radius 3 is 2.77 bits per heavy atom. The van der Waals surface area contributed by atoms with Crippen molar-refractivity contribution < 1.29 is 14.0 Å². The molecular formula is C21H21FN6O2S. The summed E-state index contributed by atoms with van der Waals surface area (Å²) in [5.74, 6) is 0.961. The zero-order valence-corrected chi connectivity index (χ0v) is 17.7. The highest BCUT2D eigenvalue weighted by Gasteiger charge is 2.11. The minimum absolute atomic E-state index is 0.234. The minimum atomic E-state index is -0.425. The standard InChI is InChI=1S/C18H19FN6OS.C3H2O/c1-12-7-14(25-11-13(9-20-2)10-21-25)8-16(22-12)18(26)23-24-27-17-6-4-3-5-15(17)19;1-2-3-4/h3-8,10-11,20,24H,9H2,1-2H3,(H,23,26);1,3H. The maximum Gasteiger partial charge on any atom is 0.284 e. The molecule has 8 nitrogen and oxygen atoms in total. The molecule has 3 aromatic rings. The summed E-state index contributed by atoms with van der Waals surface area (Å²) in [5, 5.41) is 7.38. The van der Waals surface area contributed by atoms with E-state index in [1.54, 1.807) is 48.0 Å². The second-order valence-corrected chi connectivity index (χ2v) is 6.90. The van der Waals surface area contributed by atoms with Crippen molar-refractivity contribution in [3.8, 4) is 18.0 Å². The Labute approximate surface area is 183 Å². The van der Waals surface area contributed by atoms with Gasteiger partial charge in [0.2, 0.25) is 0 Å². The van der Waals surface area contributed by atoms with E-state index in [0.29, 0.717) is 23.4 Å². The highest BCUT2D eigenvalue weighted by atomic mass is 32.2. The number of carbonyl (C=O) groups excluding carboxylic acids is 2. The lowest BCUT2D eigenvalue weighted by Gasteiger charge is -2.09. The Balaban J connectivity index is 0.000000785. The zero-order valence-electron chi connectivity index (χ0n) is 16.9. The fourth-order valence-electron chi connectivity index (χ4n) is 2.41. The number of pyridine rings is 1. The number of amides is 1. The van der Waals surface area contributed by atoms with Crippen molar-refractivity contribution in [3.63, 3.8) is 0 Å². The van der Waals surface area contributed by atoms with Crippen molar-refractivity contribution in [2.45, 2.75) is 18.4 Å². The van der Waals surface area contributed by atoms with Gasteiger partial charge < -0.3 is 5.32 Å². The molecule has 0 aliphatic rings. The van der Waals surface area contributed by atoms with Crippen LogP contribution in [0.15, 0.2) is 53.7 Å². The molecule has 1 aromatic carbocycles. The Bertz CT molecular complexity index is 1080. The highest BCUT2D eigenvalue weighted by molar-refractivity contribution is 7.97. The predicted octanol–water partition coefficient (Wildman–Crippen LogP) is 2.19. The topological polar surface area (TPSA) is 101 Å². The summed E-state index contributed by atoms with van der Waals surface area (Å²) in [5.41, 5.74) is 5.19. The molecule has 0 spiro atoms. The normalized spacial score (nSPS) is 9.87. The van der Waals surface area contributed by atoms with Crippen LogP contribution in [0.4, 0.5) is 4.39 Å². The molecule has 3 N–H and O–H groups in total. The van der Waals surface area contributed by atoms with Crippen molar-refractivity contribution in [1.82, 2.24) is 30.3 Å². The molecule has 0 saturated carbocycles. The summed E-state index contributed by atoms with van der Waals surface area (Å²) in [4.78, 5) is 28.6. The van der Waals surface area contributed by atoms with Gasteiger partial charge in [-0.1, -0.05) is 12.1 Å². The Kier molecular flexibility index (Phi) is 9.38. The van der Waals surface area contributed by atoms with E-state index >= 15 is 0 Å². The van der Waals surface area contributed by atoms with Crippen molar-refractivity contribution in [3.05, 3.63) is 71.6 Å². The average Bonchev–Trinajstić information content (AvgIpc) is 3.24. The lowest BCUT2D eigenvalue weighted by Crippen LogP contribution is -2.33. The highest BCUT2D eigenvalue weighted by Crippen LogP contribution is 2.17. The first-order valence-electron chi connectivity index (χ1n) is 9.02. The summed E-state index contributed by atoms with van der Waals surface area (Å²) in [6.45, 7) is 2.51. The SMILES string of the molecule is C#CC=O.CNCc1cnn(-c2cc(C)nc(C(=O)NNSc3ccccc3F)c2)c1. The number of hydrazine groups is 1. The van der Waals surface area contributed by atoms with Crippen LogP contribution in [0.2, 0.25) is 0 Å². The fraction of sp³-hybridized carbons (Fsp3) is 0.143. The van der Waals surface area contributed by atoms with Crippen molar-refractivity contribution in [1.29, 1.82) is 0 Å². The lowest BCUT2D eigenvalue weighted by molar-refractivity contribution is -0.103. The van der Waals surface area contributed by atoms with E-state index in [9.17, 15) is 9.18 Å². The molecule has 2 heterocycles. The average molecular weight is 441 g/mol. The van der Waals surface area contributed by atoms with E-state index in [2.05, 4.69) is 32.1 Å². The van der Waals surface area contributed by atoms with E-state index in [1.807, 2.05) is 19.3 Å². The first-order valence-corrected chi connectivity index (χ1v) is 9.83. The van der Waals surface area contributed by atoms with Gasteiger partial charge >= 0.3 is 0 Å². The van der Waals surface area contributed by atoms with Crippen molar-refractivity contribution in [2.24, 2.45) is 0 Å². The van der Waals surface area contributed by atoms with Gasteiger partial charge in [-0.3, -0.25) is 15.0 Å². The van der Waals surface area contributed by atoms with E-state index < -0.39 is 5.91 Å². The summed E-state index contributed by atoms with van der Waals surface area (Å²) in [7, 11) is 1.86. The van der Waals surface area contributed by atoms with Crippen LogP contribution in [0.5, 0.6) is 0 Å². The van der Waals surface area contributed by atoms with E-state index in [4.69, 9.17) is 4.79 Å². The van der Waals surface area contributed by atoms with Crippen molar-refractivity contribution >= 4 is 24.1 Å². The number of carbonyl (C=O) groups is 2. The number of aldehydes is 1. The van der Waals surface area contributed by atoms with E-state index in [1.165, 1.54) is 6.07 Å². The number of benzene rings is 1. The monoisotopic (exact) mass is 440 g/mol. The third-order valence-corrected chi connectivity index (χ3v) is 4.44. The van der Waals surface area contributed by atoms with Crippen LogP contribution in [0.25, 0.3) is 5.69 Å². The Morgan fingerprint density at radius 1 is 1.35 bits per heavy atom. The molecule has 31 heavy (non-hydrogen) atoms. The number of nitrogens with zero attached hydrogens (tertiary/aromatic N) is 3. The molecule has 0 unspecified atom stereocenters. The molecule has 160 valence electrons. The Hall–Kier alpha value is -3.52. The molecular weight excluding hydrogens is 419 g/mol. The number of hydrogen-bond donors (Lipinski definition) is 3. The van der Waals surface area contributed by atoms with Crippen LogP contribution in [-0.4, -0.2) is 34.0 Å². The quantitative estimate of drug-likeness (QED) is 0.224. The smallest absolute Gasteiger partial charge is 0.284 e. The van der Waals surface area contributed by atoms with Crippen LogP contribution in [0, 0.1) is 25.1 Å². The molecule has 0 radical (unpaired) electrons. The van der Waals surface area contributed by atoms with Gasteiger partial charge in [-0.05, 0) is 56.1 Å². The third kappa shape index (κ3) is 7.35. The number of terminal acetylenes is 1. The van der Waals surface area contributed by atoms with Gasteiger partial charge in [-0.25, -0.2) is 14.1 Å². The van der Waals surface area contributed by atoms with E-state index in [0.717, 1.165) is 23.2 Å². The summed E-state index contributed by atoms with van der Waals surface area (Å²) in [6, 6.07) is 9.78. The van der Waals surface area contributed by atoms with Crippen LogP contribution in [0.3, 0.4) is 0 Å². The van der Waals surface area contributed by atoms with Gasteiger partial charge in [0.15, 0.2) is 6.29 Å².